The molecule has 1 aliphatic carbocycles. The molecule has 0 radical (unpaired) electrons. The Bertz CT molecular complexity index is 972. The lowest BCUT2D eigenvalue weighted by atomic mass is 9.77. The summed E-state index contributed by atoms with van der Waals surface area (Å²) in [6.07, 6.45) is 11.3. The van der Waals surface area contributed by atoms with E-state index in [0.29, 0.717) is 17.3 Å². The van der Waals surface area contributed by atoms with E-state index in [4.69, 9.17) is 0 Å². The lowest BCUT2D eigenvalue weighted by Crippen LogP contribution is -2.13. The topological polar surface area (TPSA) is 25.8 Å². The summed E-state index contributed by atoms with van der Waals surface area (Å²) in [7, 11) is 0. The third kappa shape index (κ3) is 4.61. The average Bonchev–Trinajstić information content (AvgIpc) is 2.78. The van der Waals surface area contributed by atoms with Gasteiger partial charge in [0.1, 0.15) is 11.6 Å². The Labute approximate surface area is 184 Å². The highest BCUT2D eigenvalue weighted by atomic mass is 79.9. The van der Waals surface area contributed by atoms with Crippen molar-refractivity contribution in [3.05, 3.63) is 70.5 Å². The molecule has 5 heteroatoms. The van der Waals surface area contributed by atoms with E-state index in [1.54, 1.807) is 12.4 Å². The maximum atomic E-state index is 13.8. The van der Waals surface area contributed by atoms with Gasteiger partial charge in [0, 0.05) is 23.5 Å². The van der Waals surface area contributed by atoms with E-state index >= 15 is 0 Å². The third-order valence-electron chi connectivity index (χ3n) is 6.15. The number of aromatic nitrogens is 2. The minimum atomic E-state index is -0.669. The van der Waals surface area contributed by atoms with Crippen molar-refractivity contribution in [1.29, 1.82) is 0 Å². The molecule has 2 nitrogen and oxygen atoms in total. The van der Waals surface area contributed by atoms with Gasteiger partial charge in [-0.05, 0) is 76.7 Å². The van der Waals surface area contributed by atoms with Crippen molar-refractivity contribution in [2.75, 3.05) is 0 Å². The van der Waals surface area contributed by atoms with Crippen molar-refractivity contribution in [2.45, 2.75) is 51.4 Å². The van der Waals surface area contributed by atoms with E-state index in [9.17, 15) is 8.78 Å². The summed E-state index contributed by atoms with van der Waals surface area (Å²) in [5.74, 6) is 0.528. The van der Waals surface area contributed by atoms with Crippen molar-refractivity contribution in [3.63, 3.8) is 0 Å². The van der Waals surface area contributed by atoms with Gasteiger partial charge in [-0.15, -0.1) is 0 Å². The number of hydrogen-bond donors (Lipinski definition) is 0. The maximum absolute atomic E-state index is 13.8. The van der Waals surface area contributed by atoms with Crippen LogP contribution in [0.3, 0.4) is 0 Å². The van der Waals surface area contributed by atoms with E-state index in [0.717, 1.165) is 17.0 Å². The normalized spacial score (nSPS) is 19.1. The smallest absolute Gasteiger partial charge is 0.159 e. The summed E-state index contributed by atoms with van der Waals surface area (Å²) in [6, 6.07) is 11.1. The van der Waals surface area contributed by atoms with Gasteiger partial charge in [0.25, 0.3) is 0 Å². The van der Waals surface area contributed by atoms with Crippen LogP contribution in [0.25, 0.3) is 22.5 Å². The zero-order chi connectivity index (χ0) is 21.1. The molecular formula is C25H25BrF2N2. The Morgan fingerprint density at radius 1 is 0.867 bits per heavy atom. The molecular weight excluding hydrogens is 446 g/mol. The van der Waals surface area contributed by atoms with Crippen LogP contribution in [0.15, 0.2) is 53.3 Å². The number of benzene rings is 2. The molecule has 1 fully saturated rings. The van der Waals surface area contributed by atoms with E-state index in [1.807, 2.05) is 0 Å². The lowest BCUT2D eigenvalue weighted by Gasteiger charge is -2.28. The summed E-state index contributed by atoms with van der Waals surface area (Å²) in [4.78, 5) is 8.63. The second kappa shape index (κ2) is 9.34. The summed E-state index contributed by atoms with van der Waals surface area (Å²) in [5, 5.41) is 0. The van der Waals surface area contributed by atoms with Crippen molar-refractivity contribution in [3.8, 4) is 22.5 Å². The SMILES string of the molecule is CCCC1CCC(c2ccc(-c3cnc(-c4cc(F)c(Br)c(F)c4)nc3)cc2)CC1. The van der Waals surface area contributed by atoms with Crippen molar-refractivity contribution in [1.82, 2.24) is 9.97 Å². The number of hydrogen-bond acceptors (Lipinski definition) is 2. The average molecular weight is 471 g/mol. The monoisotopic (exact) mass is 470 g/mol. The third-order valence-corrected chi connectivity index (χ3v) is 6.91. The largest absolute Gasteiger partial charge is 0.236 e. The fourth-order valence-corrected chi connectivity index (χ4v) is 4.68. The molecule has 0 spiro atoms. The van der Waals surface area contributed by atoms with Gasteiger partial charge < -0.3 is 0 Å². The highest BCUT2D eigenvalue weighted by Crippen LogP contribution is 2.38. The minimum Gasteiger partial charge on any atom is -0.236 e. The van der Waals surface area contributed by atoms with E-state index in [2.05, 4.69) is 57.1 Å². The Hall–Kier alpha value is -2.14. The summed E-state index contributed by atoms with van der Waals surface area (Å²) < 4.78 is 27.4. The standard InChI is InChI=1S/C25H25BrF2N2/c1-2-3-16-4-6-17(7-5-16)18-8-10-19(11-9-18)21-14-29-25(30-15-21)20-12-22(27)24(26)23(28)13-20/h8-17H,2-7H2,1H3. The first-order valence-corrected chi connectivity index (χ1v) is 11.4. The van der Waals surface area contributed by atoms with Gasteiger partial charge in [0.15, 0.2) is 5.82 Å². The van der Waals surface area contributed by atoms with E-state index in [-0.39, 0.29) is 4.47 Å². The Kier molecular flexibility index (Phi) is 6.57. The first-order valence-electron chi connectivity index (χ1n) is 10.6. The summed E-state index contributed by atoms with van der Waals surface area (Å²) in [5.41, 5.74) is 3.65. The molecule has 0 atom stereocenters. The minimum absolute atomic E-state index is 0.179. The van der Waals surface area contributed by atoms with Gasteiger partial charge in [0.05, 0.1) is 4.47 Å². The molecule has 0 amide bonds. The number of rotatable bonds is 5. The van der Waals surface area contributed by atoms with Crippen LogP contribution in [0.4, 0.5) is 8.78 Å². The van der Waals surface area contributed by atoms with Gasteiger partial charge in [-0.25, -0.2) is 18.7 Å². The van der Waals surface area contributed by atoms with Crippen LogP contribution in [0, 0.1) is 17.6 Å². The molecule has 0 aliphatic heterocycles. The van der Waals surface area contributed by atoms with Crippen LogP contribution >= 0.6 is 15.9 Å². The molecule has 1 heterocycles. The molecule has 0 unspecified atom stereocenters. The van der Waals surface area contributed by atoms with Crippen LogP contribution in [0.1, 0.15) is 56.9 Å². The van der Waals surface area contributed by atoms with Crippen molar-refractivity contribution < 1.29 is 8.78 Å². The number of nitrogens with zero attached hydrogens (tertiary/aromatic N) is 2. The molecule has 30 heavy (non-hydrogen) atoms. The van der Waals surface area contributed by atoms with Crippen LogP contribution in [0.5, 0.6) is 0 Å². The first kappa shape index (κ1) is 21.1. The predicted octanol–water partition coefficient (Wildman–Crippen LogP) is 7.93. The van der Waals surface area contributed by atoms with E-state index < -0.39 is 11.6 Å². The van der Waals surface area contributed by atoms with Crippen molar-refractivity contribution in [2.24, 2.45) is 5.92 Å². The van der Waals surface area contributed by atoms with Gasteiger partial charge in [-0.2, -0.15) is 0 Å². The predicted molar refractivity (Wildman–Crippen MR) is 120 cm³/mol. The zero-order valence-corrected chi connectivity index (χ0v) is 18.6. The van der Waals surface area contributed by atoms with Gasteiger partial charge >= 0.3 is 0 Å². The number of halogens is 3. The zero-order valence-electron chi connectivity index (χ0n) is 17.0. The molecule has 0 N–H and O–H groups in total. The quantitative estimate of drug-likeness (QED) is 0.353. The van der Waals surface area contributed by atoms with Crippen molar-refractivity contribution >= 4 is 15.9 Å². The molecule has 3 aromatic rings. The Morgan fingerprint density at radius 2 is 1.47 bits per heavy atom. The highest BCUT2D eigenvalue weighted by molar-refractivity contribution is 9.10. The van der Waals surface area contributed by atoms with Crippen LogP contribution in [0.2, 0.25) is 0 Å². The summed E-state index contributed by atoms with van der Waals surface area (Å²) in [6.45, 7) is 2.27. The van der Waals surface area contributed by atoms with Crippen LogP contribution < -0.4 is 0 Å². The highest BCUT2D eigenvalue weighted by Gasteiger charge is 2.21. The first-order chi connectivity index (χ1) is 14.5. The molecule has 1 aliphatic rings. The molecule has 1 saturated carbocycles. The van der Waals surface area contributed by atoms with Gasteiger partial charge in [-0.3, -0.25) is 0 Å². The molecule has 4 rings (SSSR count). The fourth-order valence-electron chi connectivity index (χ4n) is 4.45. The summed E-state index contributed by atoms with van der Waals surface area (Å²) >= 11 is 2.88. The Morgan fingerprint density at radius 3 is 2.03 bits per heavy atom. The second-order valence-corrected chi connectivity index (χ2v) is 8.97. The van der Waals surface area contributed by atoms with Gasteiger partial charge in [-0.1, -0.05) is 44.0 Å². The molecule has 0 bridgehead atoms. The van der Waals surface area contributed by atoms with Crippen LogP contribution in [-0.4, -0.2) is 9.97 Å². The lowest BCUT2D eigenvalue weighted by molar-refractivity contribution is 0.308. The van der Waals surface area contributed by atoms with Gasteiger partial charge in [0.2, 0.25) is 0 Å². The fraction of sp³-hybridized carbons (Fsp3) is 0.360. The molecule has 2 aromatic carbocycles. The van der Waals surface area contributed by atoms with E-state index in [1.165, 1.54) is 56.2 Å². The van der Waals surface area contributed by atoms with Crippen LogP contribution in [-0.2, 0) is 0 Å². The molecule has 1 aromatic heterocycles. The maximum Gasteiger partial charge on any atom is 0.159 e. The second-order valence-electron chi connectivity index (χ2n) is 8.18. The Balaban J connectivity index is 1.46. The molecule has 0 saturated heterocycles. The molecule has 156 valence electrons.